The van der Waals surface area contributed by atoms with E-state index in [1.165, 1.54) is 30.3 Å². The molecular formula is C13H11Cl2N3O3S. The Hall–Kier alpha value is -1.80. The van der Waals surface area contributed by atoms with E-state index in [9.17, 15) is 13.2 Å². The van der Waals surface area contributed by atoms with Crippen molar-refractivity contribution in [1.82, 2.24) is 10.3 Å². The van der Waals surface area contributed by atoms with Crippen molar-refractivity contribution in [2.75, 3.05) is 5.32 Å². The SMILES string of the molecule is O=C(NNS(=O)(=O)c1ccccc1)Nc1ccc(Cl)c(Cl)c1. The second-order valence-electron chi connectivity index (χ2n) is 4.13. The minimum absolute atomic E-state index is 0.0323. The zero-order valence-corrected chi connectivity index (χ0v) is 13.3. The second-order valence-corrected chi connectivity index (χ2v) is 6.62. The van der Waals surface area contributed by atoms with Crippen LogP contribution in [0.1, 0.15) is 0 Å². The number of sulfonamides is 1. The third kappa shape index (κ3) is 4.35. The normalized spacial score (nSPS) is 11.0. The largest absolute Gasteiger partial charge is 0.334 e. The fourth-order valence-electron chi connectivity index (χ4n) is 1.51. The van der Waals surface area contributed by atoms with Crippen LogP contribution in [0.15, 0.2) is 53.4 Å². The van der Waals surface area contributed by atoms with E-state index in [0.717, 1.165) is 0 Å². The van der Waals surface area contributed by atoms with Gasteiger partial charge in [0, 0.05) is 5.69 Å². The van der Waals surface area contributed by atoms with E-state index in [1.807, 2.05) is 10.3 Å². The van der Waals surface area contributed by atoms with Gasteiger partial charge in [0.25, 0.3) is 10.0 Å². The number of anilines is 1. The van der Waals surface area contributed by atoms with E-state index < -0.39 is 16.1 Å². The predicted molar refractivity (Wildman–Crippen MR) is 85.4 cm³/mol. The maximum absolute atomic E-state index is 11.9. The second kappa shape index (κ2) is 6.97. The Balaban J connectivity index is 1.97. The van der Waals surface area contributed by atoms with Gasteiger partial charge in [-0.05, 0) is 30.3 Å². The molecule has 0 fully saturated rings. The van der Waals surface area contributed by atoms with Crippen molar-refractivity contribution >= 4 is 44.9 Å². The predicted octanol–water partition coefficient (Wildman–Crippen LogP) is 3.01. The van der Waals surface area contributed by atoms with Crippen LogP contribution < -0.4 is 15.6 Å². The van der Waals surface area contributed by atoms with Crippen molar-refractivity contribution in [2.45, 2.75) is 4.90 Å². The van der Waals surface area contributed by atoms with Crippen LogP contribution in [0.2, 0.25) is 10.0 Å². The van der Waals surface area contributed by atoms with Crippen LogP contribution in [0.4, 0.5) is 10.5 Å². The van der Waals surface area contributed by atoms with Gasteiger partial charge in [0.1, 0.15) is 0 Å². The van der Waals surface area contributed by atoms with Crippen LogP contribution in [-0.4, -0.2) is 14.4 Å². The van der Waals surface area contributed by atoms with Gasteiger partial charge in [-0.25, -0.2) is 13.2 Å². The van der Waals surface area contributed by atoms with Crippen LogP contribution in [0.25, 0.3) is 0 Å². The Labute approximate surface area is 137 Å². The number of rotatable bonds is 4. The molecule has 2 aromatic carbocycles. The average Bonchev–Trinajstić information content (AvgIpc) is 2.50. The summed E-state index contributed by atoms with van der Waals surface area (Å²) in [4.78, 5) is 13.7. The Morgan fingerprint density at radius 1 is 0.955 bits per heavy atom. The molecule has 0 saturated carbocycles. The Kier molecular flexibility index (Phi) is 5.25. The number of carbonyl (C=O) groups is 1. The summed E-state index contributed by atoms with van der Waals surface area (Å²) >= 11 is 11.6. The van der Waals surface area contributed by atoms with E-state index in [-0.39, 0.29) is 9.92 Å². The number of hydrazine groups is 1. The number of amides is 2. The summed E-state index contributed by atoms with van der Waals surface area (Å²) in [6.07, 6.45) is 0. The van der Waals surface area contributed by atoms with Gasteiger partial charge in [-0.1, -0.05) is 41.4 Å². The van der Waals surface area contributed by atoms with Gasteiger partial charge in [-0.15, -0.1) is 4.83 Å². The van der Waals surface area contributed by atoms with Crippen molar-refractivity contribution in [3.05, 3.63) is 58.6 Å². The highest BCUT2D eigenvalue weighted by Crippen LogP contribution is 2.24. The highest BCUT2D eigenvalue weighted by Gasteiger charge is 2.14. The van der Waals surface area contributed by atoms with Crippen molar-refractivity contribution in [1.29, 1.82) is 0 Å². The number of nitrogens with one attached hydrogen (secondary N) is 3. The first-order valence-electron chi connectivity index (χ1n) is 5.97. The van der Waals surface area contributed by atoms with E-state index in [1.54, 1.807) is 18.2 Å². The average molecular weight is 360 g/mol. The molecule has 0 aliphatic carbocycles. The van der Waals surface area contributed by atoms with Crippen molar-refractivity contribution in [3.63, 3.8) is 0 Å². The van der Waals surface area contributed by atoms with Crippen LogP contribution in [-0.2, 0) is 10.0 Å². The van der Waals surface area contributed by atoms with Crippen LogP contribution in [0, 0.1) is 0 Å². The molecule has 6 nitrogen and oxygen atoms in total. The number of benzene rings is 2. The van der Waals surface area contributed by atoms with Crippen molar-refractivity contribution in [2.24, 2.45) is 0 Å². The minimum Gasteiger partial charge on any atom is -0.307 e. The molecule has 0 bridgehead atoms. The topological polar surface area (TPSA) is 87.3 Å². The molecule has 9 heteroatoms. The molecule has 0 unspecified atom stereocenters. The van der Waals surface area contributed by atoms with E-state index in [0.29, 0.717) is 10.7 Å². The third-order valence-electron chi connectivity index (χ3n) is 2.53. The van der Waals surface area contributed by atoms with Gasteiger partial charge in [-0.2, -0.15) is 0 Å². The molecule has 0 aliphatic rings. The van der Waals surface area contributed by atoms with Gasteiger partial charge in [-0.3, -0.25) is 5.43 Å². The highest BCUT2D eigenvalue weighted by molar-refractivity contribution is 7.89. The van der Waals surface area contributed by atoms with E-state index in [4.69, 9.17) is 23.2 Å². The van der Waals surface area contributed by atoms with Gasteiger partial charge in [0.2, 0.25) is 0 Å². The lowest BCUT2D eigenvalue weighted by molar-refractivity contribution is 0.250. The lowest BCUT2D eigenvalue weighted by Gasteiger charge is -2.10. The summed E-state index contributed by atoms with van der Waals surface area (Å²) < 4.78 is 23.8. The molecule has 116 valence electrons. The van der Waals surface area contributed by atoms with Crippen molar-refractivity contribution in [3.8, 4) is 0 Å². The minimum atomic E-state index is -3.83. The zero-order valence-electron chi connectivity index (χ0n) is 11.0. The molecule has 0 aromatic heterocycles. The summed E-state index contributed by atoms with van der Waals surface area (Å²) in [6, 6.07) is 11.3. The third-order valence-corrected chi connectivity index (χ3v) is 4.53. The molecule has 0 spiro atoms. The fraction of sp³-hybridized carbons (Fsp3) is 0. The van der Waals surface area contributed by atoms with Gasteiger partial charge in [0.05, 0.1) is 14.9 Å². The quantitative estimate of drug-likeness (QED) is 0.733. The van der Waals surface area contributed by atoms with Crippen LogP contribution in [0.5, 0.6) is 0 Å². The van der Waals surface area contributed by atoms with Gasteiger partial charge >= 0.3 is 6.03 Å². The molecule has 0 atom stereocenters. The molecule has 0 radical (unpaired) electrons. The Bertz CT molecular complexity index is 782. The molecule has 0 saturated heterocycles. The summed E-state index contributed by atoms with van der Waals surface area (Å²) in [5, 5.41) is 3.03. The van der Waals surface area contributed by atoms with Crippen LogP contribution in [0.3, 0.4) is 0 Å². The first kappa shape index (κ1) is 16.6. The zero-order chi connectivity index (χ0) is 16.2. The van der Waals surface area contributed by atoms with Crippen molar-refractivity contribution < 1.29 is 13.2 Å². The lowest BCUT2D eigenvalue weighted by Crippen LogP contribution is -2.43. The molecule has 2 aromatic rings. The standard InChI is InChI=1S/C13H11Cl2N3O3S/c14-11-7-6-9(8-12(11)15)16-13(19)17-18-22(20,21)10-4-2-1-3-5-10/h1-8,18H,(H2,16,17,19). The molecule has 2 rings (SSSR count). The molecule has 0 aliphatic heterocycles. The highest BCUT2D eigenvalue weighted by atomic mass is 35.5. The summed E-state index contributed by atoms with van der Waals surface area (Å²) in [5.41, 5.74) is 2.41. The van der Waals surface area contributed by atoms with Crippen LogP contribution >= 0.6 is 23.2 Å². The fourth-order valence-corrected chi connectivity index (χ4v) is 2.67. The molecule has 2 amide bonds. The maximum Gasteiger partial charge on any atom is 0.334 e. The van der Waals surface area contributed by atoms with Gasteiger partial charge < -0.3 is 5.32 Å². The Morgan fingerprint density at radius 3 is 2.27 bits per heavy atom. The molecule has 22 heavy (non-hydrogen) atoms. The Morgan fingerprint density at radius 2 is 1.64 bits per heavy atom. The van der Waals surface area contributed by atoms with E-state index in [2.05, 4.69) is 5.32 Å². The summed E-state index contributed by atoms with van der Waals surface area (Å²) in [6.45, 7) is 0. The van der Waals surface area contributed by atoms with Gasteiger partial charge in [0.15, 0.2) is 0 Å². The first-order valence-corrected chi connectivity index (χ1v) is 8.21. The number of halogens is 2. The summed E-state index contributed by atoms with van der Waals surface area (Å²) in [5.74, 6) is 0. The van der Waals surface area contributed by atoms with E-state index >= 15 is 0 Å². The molecular weight excluding hydrogens is 349 g/mol. The monoisotopic (exact) mass is 359 g/mol. The maximum atomic E-state index is 11.9. The molecule has 0 heterocycles. The number of hydrogen-bond acceptors (Lipinski definition) is 3. The smallest absolute Gasteiger partial charge is 0.307 e. The lowest BCUT2D eigenvalue weighted by atomic mass is 10.3. The number of carbonyl (C=O) groups excluding carboxylic acids is 1. The summed E-state index contributed by atoms with van der Waals surface area (Å²) in [7, 11) is -3.83. The first-order chi connectivity index (χ1) is 10.4. The molecule has 3 N–H and O–H groups in total. The number of hydrogen-bond donors (Lipinski definition) is 3. The number of urea groups is 1.